The number of nitrogens with one attached hydrogen (secondary N) is 1. The van der Waals surface area contributed by atoms with Crippen LogP contribution in [0.15, 0.2) is 12.7 Å². The Balaban J connectivity index is 2.98. The van der Waals surface area contributed by atoms with Gasteiger partial charge in [-0.1, -0.05) is 19.9 Å². The highest BCUT2D eigenvalue weighted by molar-refractivity contribution is 5.86. The van der Waals surface area contributed by atoms with E-state index in [0.29, 0.717) is 39.6 Å². The Bertz CT molecular complexity index is 209. The second kappa shape index (κ2) is 14.2. The highest BCUT2D eigenvalue weighted by atomic mass is 16.5. The van der Waals surface area contributed by atoms with Crippen LogP contribution in [-0.2, 0) is 19.0 Å². The molecule has 0 saturated heterocycles. The average Bonchev–Trinajstić information content (AvgIpc) is 2.39. The van der Waals surface area contributed by atoms with Crippen molar-refractivity contribution in [2.45, 2.75) is 19.8 Å². The molecule has 0 aromatic carbocycles. The fourth-order valence-electron chi connectivity index (χ4n) is 1.11. The molecule has 1 amide bonds. The summed E-state index contributed by atoms with van der Waals surface area (Å²) in [6.45, 7) is 9.57. The standard InChI is InChI=1S/C13H25NO4/c1-3-5-7-16-9-11-18-12-10-17-8-6-14-13(15)4-2/h4H,2-3,5-12H2,1H3,(H,14,15). The minimum atomic E-state index is -0.181. The molecule has 0 atom stereocenters. The third-order valence-electron chi connectivity index (χ3n) is 2.12. The Morgan fingerprint density at radius 3 is 2.17 bits per heavy atom. The van der Waals surface area contributed by atoms with Gasteiger partial charge in [-0.25, -0.2) is 0 Å². The zero-order valence-electron chi connectivity index (χ0n) is 11.3. The van der Waals surface area contributed by atoms with E-state index in [4.69, 9.17) is 14.2 Å². The normalized spacial score (nSPS) is 10.3. The Hall–Kier alpha value is -0.910. The monoisotopic (exact) mass is 259 g/mol. The van der Waals surface area contributed by atoms with Crippen molar-refractivity contribution in [3.63, 3.8) is 0 Å². The van der Waals surface area contributed by atoms with Gasteiger partial charge in [0.15, 0.2) is 0 Å². The van der Waals surface area contributed by atoms with Crippen molar-refractivity contribution >= 4 is 5.91 Å². The predicted octanol–water partition coefficient (Wildman–Crippen LogP) is 1.14. The zero-order valence-corrected chi connectivity index (χ0v) is 11.3. The van der Waals surface area contributed by atoms with Gasteiger partial charge in [-0.15, -0.1) is 0 Å². The number of unbranched alkanes of at least 4 members (excludes halogenated alkanes) is 1. The van der Waals surface area contributed by atoms with E-state index in [-0.39, 0.29) is 5.91 Å². The number of amides is 1. The summed E-state index contributed by atoms with van der Waals surface area (Å²) in [7, 11) is 0. The number of hydrogen-bond donors (Lipinski definition) is 1. The van der Waals surface area contributed by atoms with Crippen LogP contribution < -0.4 is 5.32 Å². The summed E-state index contributed by atoms with van der Waals surface area (Å²) >= 11 is 0. The summed E-state index contributed by atoms with van der Waals surface area (Å²) in [5.41, 5.74) is 0. The van der Waals surface area contributed by atoms with Gasteiger partial charge in [0.1, 0.15) is 0 Å². The van der Waals surface area contributed by atoms with Gasteiger partial charge >= 0.3 is 0 Å². The van der Waals surface area contributed by atoms with E-state index in [1.165, 1.54) is 6.08 Å². The van der Waals surface area contributed by atoms with Gasteiger partial charge in [-0.3, -0.25) is 4.79 Å². The summed E-state index contributed by atoms with van der Waals surface area (Å²) in [5.74, 6) is -0.181. The molecule has 0 aliphatic heterocycles. The van der Waals surface area contributed by atoms with Crippen LogP contribution in [0.4, 0.5) is 0 Å². The number of carbonyl (C=O) groups is 1. The lowest BCUT2D eigenvalue weighted by molar-refractivity contribution is -0.116. The lowest BCUT2D eigenvalue weighted by Crippen LogP contribution is -2.25. The maximum atomic E-state index is 10.8. The largest absolute Gasteiger partial charge is 0.379 e. The van der Waals surface area contributed by atoms with Crippen molar-refractivity contribution in [3.8, 4) is 0 Å². The van der Waals surface area contributed by atoms with Crippen LogP contribution in [0, 0.1) is 0 Å². The van der Waals surface area contributed by atoms with Gasteiger partial charge in [0.25, 0.3) is 0 Å². The predicted molar refractivity (Wildman–Crippen MR) is 70.6 cm³/mol. The molecule has 0 aliphatic carbocycles. The first-order valence-corrected chi connectivity index (χ1v) is 6.44. The number of hydrogen-bond acceptors (Lipinski definition) is 4. The Morgan fingerprint density at radius 2 is 1.61 bits per heavy atom. The first-order chi connectivity index (χ1) is 8.81. The quantitative estimate of drug-likeness (QED) is 0.398. The molecule has 0 unspecified atom stereocenters. The summed E-state index contributed by atoms with van der Waals surface area (Å²) in [4.78, 5) is 10.8. The van der Waals surface area contributed by atoms with Crippen LogP contribution >= 0.6 is 0 Å². The molecule has 0 aliphatic rings. The van der Waals surface area contributed by atoms with Gasteiger partial charge in [-0.05, 0) is 12.5 Å². The first-order valence-electron chi connectivity index (χ1n) is 6.44. The number of rotatable bonds is 13. The van der Waals surface area contributed by atoms with Crippen LogP contribution in [0.1, 0.15) is 19.8 Å². The molecule has 0 radical (unpaired) electrons. The van der Waals surface area contributed by atoms with E-state index >= 15 is 0 Å². The van der Waals surface area contributed by atoms with E-state index in [2.05, 4.69) is 18.8 Å². The highest BCUT2D eigenvalue weighted by Gasteiger charge is 1.93. The van der Waals surface area contributed by atoms with E-state index in [0.717, 1.165) is 19.4 Å². The van der Waals surface area contributed by atoms with Crippen LogP contribution in [0.5, 0.6) is 0 Å². The van der Waals surface area contributed by atoms with Gasteiger partial charge in [0.2, 0.25) is 5.91 Å². The molecule has 106 valence electrons. The van der Waals surface area contributed by atoms with Crippen molar-refractivity contribution in [2.75, 3.05) is 46.2 Å². The smallest absolute Gasteiger partial charge is 0.243 e. The fraction of sp³-hybridized carbons (Fsp3) is 0.769. The molecule has 0 heterocycles. The molecule has 0 saturated carbocycles. The van der Waals surface area contributed by atoms with E-state index in [1.807, 2.05) is 0 Å². The van der Waals surface area contributed by atoms with E-state index in [1.54, 1.807) is 0 Å². The summed E-state index contributed by atoms with van der Waals surface area (Å²) < 4.78 is 15.9. The molecule has 5 nitrogen and oxygen atoms in total. The minimum absolute atomic E-state index is 0.181. The molecule has 0 spiro atoms. The molecular formula is C13H25NO4. The van der Waals surface area contributed by atoms with Crippen LogP contribution in [0.3, 0.4) is 0 Å². The third-order valence-corrected chi connectivity index (χ3v) is 2.12. The summed E-state index contributed by atoms with van der Waals surface area (Å²) in [5, 5.41) is 2.62. The molecule has 0 bridgehead atoms. The molecule has 0 rings (SSSR count). The van der Waals surface area contributed by atoms with Crippen LogP contribution in [-0.4, -0.2) is 52.1 Å². The zero-order chi connectivity index (χ0) is 13.5. The number of carbonyl (C=O) groups excluding carboxylic acids is 1. The molecule has 18 heavy (non-hydrogen) atoms. The molecule has 0 fully saturated rings. The van der Waals surface area contributed by atoms with Crippen molar-refractivity contribution in [3.05, 3.63) is 12.7 Å². The maximum absolute atomic E-state index is 10.8. The van der Waals surface area contributed by atoms with Gasteiger partial charge in [-0.2, -0.15) is 0 Å². The molecule has 1 N–H and O–H groups in total. The topological polar surface area (TPSA) is 56.8 Å². The Labute approximate surface area is 109 Å². The molecule has 5 heteroatoms. The molecule has 0 aromatic rings. The summed E-state index contributed by atoms with van der Waals surface area (Å²) in [6, 6.07) is 0. The van der Waals surface area contributed by atoms with Gasteiger partial charge < -0.3 is 19.5 Å². The molecular weight excluding hydrogens is 234 g/mol. The SMILES string of the molecule is C=CC(=O)NCCOCCOCCOCCCC. The van der Waals surface area contributed by atoms with Crippen molar-refractivity contribution in [1.29, 1.82) is 0 Å². The minimum Gasteiger partial charge on any atom is -0.379 e. The second-order valence-corrected chi connectivity index (χ2v) is 3.69. The number of ether oxygens (including phenoxy) is 3. The highest BCUT2D eigenvalue weighted by Crippen LogP contribution is 1.87. The van der Waals surface area contributed by atoms with E-state index in [9.17, 15) is 4.79 Å². The molecule has 0 aromatic heterocycles. The van der Waals surface area contributed by atoms with Crippen molar-refractivity contribution in [2.24, 2.45) is 0 Å². The first kappa shape index (κ1) is 17.1. The third kappa shape index (κ3) is 13.2. The lowest BCUT2D eigenvalue weighted by atomic mass is 10.4. The van der Waals surface area contributed by atoms with Crippen LogP contribution in [0.2, 0.25) is 0 Å². The van der Waals surface area contributed by atoms with Crippen molar-refractivity contribution < 1.29 is 19.0 Å². The van der Waals surface area contributed by atoms with Gasteiger partial charge in [0.05, 0.1) is 33.0 Å². The Morgan fingerprint density at radius 1 is 1.06 bits per heavy atom. The van der Waals surface area contributed by atoms with Crippen molar-refractivity contribution in [1.82, 2.24) is 5.32 Å². The average molecular weight is 259 g/mol. The summed E-state index contributed by atoms with van der Waals surface area (Å²) in [6.07, 6.45) is 3.48. The maximum Gasteiger partial charge on any atom is 0.243 e. The Kier molecular flexibility index (Phi) is 13.4. The van der Waals surface area contributed by atoms with Gasteiger partial charge in [0, 0.05) is 13.2 Å². The second-order valence-electron chi connectivity index (χ2n) is 3.69. The van der Waals surface area contributed by atoms with E-state index < -0.39 is 0 Å². The fourth-order valence-corrected chi connectivity index (χ4v) is 1.11. The van der Waals surface area contributed by atoms with Crippen LogP contribution in [0.25, 0.3) is 0 Å². The lowest BCUT2D eigenvalue weighted by Gasteiger charge is -2.06.